The van der Waals surface area contributed by atoms with Gasteiger partial charge in [0.2, 0.25) is 0 Å². The van der Waals surface area contributed by atoms with Crippen molar-refractivity contribution in [2.45, 2.75) is 33.4 Å². The Kier molecular flexibility index (Phi) is 9.77. The first-order valence-electron chi connectivity index (χ1n) is 6.80. The number of nitrogens with zero attached hydrogens (tertiary/aromatic N) is 1. The lowest BCUT2D eigenvalue weighted by molar-refractivity contribution is 0.0526. The van der Waals surface area contributed by atoms with Gasteiger partial charge in [-0.1, -0.05) is 12.1 Å². The Morgan fingerprint density at radius 2 is 1.90 bits per heavy atom. The van der Waals surface area contributed by atoms with Gasteiger partial charge in [-0.2, -0.15) is 0 Å². The standard InChI is InChI=1S/C15H23N3O2.HI/c1-5-20-14(19)13-8-6-12(7-9-13)10-17-15(16-4)18-11(2)3;/h6-9,11H,5,10H2,1-4H3,(H2,16,17,18);1H. The molecule has 0 fully saturated rings. The summed E-state index contributed by atoms with van der Waals surface area (Å²) in [6, 6.07) is 7.68. The molecule has 5 nitrogen and oxygen atoms in total. The molecule has 0 radical (unpaired) electrons. The molecule has 0 atom stereocenters. The molecule has 1 rings (SSSR count). The van der Waals surface area contributed by atoms with E-state index < -0.39 is 0 Å². The van der Waals surface area contributed by atoms with Crippen molar-refractivity contribution in [3.05, 3.63) is 35.4 Å². The molecule has 0 saturated carbocycles. The molecule has 0 saturated heterocycles. The maximum Gasteiger partial charge on any atom is 0.338 e. The van der Waals surface area contributed by atoms with Crippen molar-refractivity contribution in [2.75, 3.05) is 13.7 Å². The summed E-state index contributed by atoms with van der Waals surface area (Å²) in [5.74, 6) is 0.471. The lowest BCUT2D eigenvalue weighted by atomic mass is 10.1. The molecule has 0 heterocycles. The van der Waals surface area contributed by atoms with Gasteiger partial charge in [0.05, 0.1) is 12.2 Å². The third kappa shape index (κ3) is 7.31. The van der Waals surface area contributed by atoms with Crippen LogP contribution in [0.5, 0.6) is 0 Å². The van der Waals surface area contributed by atoms with Crippen LogP contribution >= 0.6 is 24.0 Å². The van der Waals surface area contributed by atoms with Crippen molar-refractivity contribution < 1.29 is 9.53 Å². The molecule has 118 valence electrons. The maximum atomic E-state index is 11.5. The number of carbonyl (C=O) groups excluding carboxylic acids is 1. The molecular formula is C15H24IN3O2. The summed E-state index contributed by atoms with van der Waals surface area (Å²) >= 11 is 0. The summed E-state index contributed by atoms with van der Waals surface area (Å²) in [7, 11) is 1.74. The first kappa shape index (κ1) is 19.7. The first-order valence-corrected chi connectivity index (χ1v) is 6.80. The maximum absolute atomic E-state index is 11.5. The molecule has 0 aromatic heterocycles. The lowest BCUT2D eigenvalue weighted by Crippen LogP contribution is -2.40. The van der Waals surface area contributed by atoms with Gasteiger partial charge in [0.25, 0.3) is 0 Å². The average Bonchev–Trinajstić information content (AvgIpc) is 2.44. The number of rotatable bonds is 5. The average molecular weight is 405 g/mol. The van der Waals surface area contributed by atoms with Gasteiger partial charge in [-0.25, -0.2) is 4.79 Å². The van der Waals surface area contributed by atoms with Crippen LogP contribution in [0.1, 0.15) is 36.7 Å². The van der Waals surface area contributed by atoms with Gasteiger partial charge in [0.1, 0.15) is 0 Å². The van der Waals surface area contributed by atoms with E-state index in [1.54, 1.807) is 26.1 Å². The number of aliphatic imine (C=N–C) groups is 1. The van der Waals surface area contributed by atoms with E-state index in [4.69, 9.17) is 4.74 Å². The van der Waals surface area contributed by atoms with E-state index in [2.05, 4.69) is 29.5 Å². The van der Waals surface area contributed by atoms with Crippen molar-refractivity contribution in [1.29, 1.82) is 0 Å². The van der Waals surface area contributed by atoms with Crippen molar-refractivity contribution in [3.8, 4) is 0 Å². The zero-order valence-electron chi connectivity index (χ0n) is 13.0. The van der Waals surface area contributed by atoms with Crippen molar-refractivity contribution in [1.82, 2.24) is 10.6 Å². The largest absolute Gasteiger partial charge is 0.462 e. The number of ether oxygens (including phenoxy) is 1. The molecule has 21 heavy (non-hydrogen) atoms. The molecule has 0 aliphatic rings. The SMILES string of the molecule is CCOC(=O)c1ccc(CNC(=NC)NC(C)C)cc1.I. The number of carbonyl (C=O) groups is 1. The Bertz CT molecular complexity index is 458. The molecular weight excluding hydrogens is 381 g/mol. The van der Waals surface area contributed by atoms with Crippen LogP contribution in [0.3, 0.4) is 0 Å². The van der Waals surface area contributed by atoms with E-state index >= 15 is 0 Å². The number of hydrogen-bond donors (Lipinski definition) is 2. The second kappa shape index (κ2) is 10.4. The molecule has 0 aliphatic carbocycles. The van der Waals surface area contributed by atoms with E-state index in [0.29, 0.717) is 24.8 Å². The van der Waals surface area contributed by atoms with Crippen LogP contribution in [0.4, 0.5) is 0 Å². The summed E-state index contributed by atoms with van der Waals surface area (Å²) in [6.45, 7) is 6.94. The Balaban J connectivity index is 0.00000400. The highest BCUT2D eigenvalue weighted by Crippen LogP contribution is 2.06. The highest BCUT2D eigenvalue weighted by atomic mass is 127. The van der Waals surface area contributed by atoms with Gasteiger partial charge in [0, 0.05) is 19.6 Å². The monoisotopic (exact) mass is 405 g/mol. The molecule has 0 bridgehead atoms. The Labute approximate surface area is 143 Å². The van der Waals surface area contributed by atoms with Gasteiger partial charge >= 0.3 is 5.97 Å². The minimum atomic E-state index is -0.288. The summed E-state index contributed by atoms with van der Waals surface area (Å²) in [5, 5.41) is 6.42. The molecule has 0 aliphatic heterocycles. The fourth-order valence-corrected chi connectivity index (χ4v) is 1.63. The van der Waals surface area contributed by atoms with Crippen LogP contribution in [0.25, 0.3) is 0 Å². The van der Waals surface area contributed by atoms with Gasteiger partial charge in [-0.3, -0.25) is 4.99 Å². The Morgan fingerprint density at radius 3 is 2.38 bits per heavy atom. The smallest absolute Gasteiger partial charge is 0.338 e. The fraction of sp³-hybridized carbons (Fsp3) is 0.467. The number of nitrogens with one attached hydrogen (secondary N) is 2. The molecule has 1 aromatic rings. The van der Waals surface area contributed by atoms with Gasteiger partial charge in [-0.05, 0) is 38.5 Å². The van der Waals surface area contributed by atoms with E-state index in [9.17, 15) is 4.79 Å². The van der Waals surface area contributed by atoms with E-state index in [-0.39, 0.29) is 29.9 Å². The van der Waals surface area contributed by atoms with Crippen LogP contribution in [0.15, 0.2) is 29.3 Å². The molecule has 6 heteroatoms. The van der Waals surface area contributed by atoms with Crippen LogP contribution < -0.4 is 10.6 Å². The summed E-state index contributed by atoms with van der Waals surface area (Å²) in [6.07, 6.45) is 0. The summed E-state index contributed by atoms with van der Waals surface area (Å²) < 4.78 is 4.94. The summed E-state index contributed by atoms with van der Waals surface area (Å²) in [5.41, 5.74) is 1.64. The number of esters is 1. The molecule has 0 amide bonds. The van der Waals surface area contributed by atoms with Crippen LogP contribution in [0.2, 0.25) is 0 Å². The van der Waals surface area contributed by atoms with Crippen molar-refractivity contribution in [3.63, 3.8) is 0 Å². The van der Waals surface area contributed by atoms with E-state index in [0.717, 1.165) is 11.5 Å². The highest BCUT2D eigenvalue weighted by Gasteiger charge is 2.06. The fourth-order valence-electron chi connectivity index (χ4n) is 1.63. The number of benzene rings is 1. The number of halogens is 1. The highest BCUT2D eigenvalue weighted by molar-refractivity contribution is 14.0. The lowest BCUT2D eigenvalue weighted by Gasteiger charge is -2.14. The predicted molar refractivity (Wildman–Crippen MR) is 96.3 cm³/mol. The topological polar surface area (TPSA) is 62.7 Å². The first-order chi connectivity index (χ1) is 9.56. The molecule has 0 spiro atoms. The zero-order valence-corrected chi connectivity index (χ0v) is 15.3. The Hall–Kier alpha value is -1.31. The third-order valence-corrected chi connectivity index (χ3v) is 2.57. The van der Waals surface area contributed by atoms with Gasteiger partial charge < -0.3 is 15.4 Å². The van der Waals surface area contributed by atoms with Crippen LogP contribution in [0, 0.1) is 0 Å². The van der Waals surface area contributed by atoms with E-state index in [1.165, 1.54) is 0 Å². The quantitative estimate of drug-likeness (QED) is 0.342. The van der Waals surface area contributed by atoms with Crippen molar-refractivity contribution in [2.24, 2.45) is 4.99 Å². The van der Waals surface area contributed by atoms with Crippen molar-refractivity contribution >= 4 is 35.9 Å². The van der Waals surface area contributed by atoms with E-state index in [1.807, 2.05) is 12.1 Å². The molecule has 0 unspecified atom stereocenters. The zero-order chi connectivity index (χ0) is 15.0. The third-order valence-electron chi connectivity index (χ3n) is 2.57. The number of hydrogen-bond acceptors (Lipinski definition) is 3. The second-order valence-corrected chi connectivity index (χ2v) is 4.64. The second-order valence-electron chi connectivity index (χ2n) is 4.64. The van der Waals surface area contributed by atoms with Crippen LogP contribution in [-0.4, -0.2) is 31.6 Å². The normalized spacial score (nSPS) is 10.8. The van der Waals surface area contributed by atoms with Gasteiger partial charge in [-0.15, -0.1) is 24.0 Å². The number of guanidine groups is 1. The Morgan fingerprint density at radius 1 is 1.29 bits per heavy atom. The molecule has 2 N–H and O–H groups in total. The van der Waals surface area contributed by atoms with Crippen LogP contribution in [-0.2, 0) is 11.3 Å². The minimum Gasteiger partial charge on any atom is -0.462 e. The minimum absolute atomic E-state index is 0. The van der Waals surface area contributed by atoms with Gasteiger partial charge in [0.15, 0.2) is 5.96 Å². The molecule has 1 aromatic carbocycles. The summed E-state index contributed by atoms with van der Waals surface area (Å²) in [4.78, 5) is 15.7. The predicted octanol–water partition coefficient (Wildman–Crippen LogP) is 2.55.